The predicted octanol–water partition coefficient (Wildman–Crippen LogP) is 1.56. The van der Waals surface area contributed by atoms with E-state index in [9.17, 15) is 13.5 Å². The van der Waals surface area contributed by atoms with Gasteiger partial charge in [0.05, 0.1) is 10.7 Å². The van der Waals surface area contributed by atoms with Crippen molar-refractivity contribution < 1.29 is 13.5 Å². The normalized spacial score (nSPS) is 23.1. The van der Waals surface area contributed by atoms with Gasteiger partial charge in [-0.1, -0.05) is 11.6 Å². The van der Waals surface area contributed by atoms with Crippen LogP contribution in [0.4, 0.5) is 5.69 Å². The Morgan fingerprint density at radius 3 is 2.74 bits per heavy atom. The number of nitrogens with zero attached hydrogens (tertiary/aromatic N) is 1. The molecule has 0 aromatic heterocycles. The highest BCUT2D eigenvalue weighted by atomic mass is 35.5. The Kier molecular flexibility index (Phi) is 5.27. The van der Waals surface area contributed by atoms with Crippen LogP contribution in [0.3, 0.4) is 0 Å². The van der Waals surface area contributed by atoms with E-state index in [1.807, 2.05) is 11.8 Å². The second-order valence-electron chi connectivity index (χ2n) is 5.63. The van der Waals surface area contributed by atoms with Gasteiger partial charge in [0.1, 0.15) is 4.90 Å². The van der Waals surface area contributed by atoms with Gasteiger partial charge in [0, 0.05) is 38.0 Å². The average molecular weight is 378 g/mol. The number of halogens is 1. The number of sulfonamides is 1. The molecule has 0 amide bonds. The number of anilines is 1. The summed E-state index contributed by atoms with van der Waals surface area (Å²) in [5, 5.41) is 16.9. The van der Waals surface area contributed by atoms with Crippen molar-refractivity contribution in [2.75, 3.05) is 43.0 Å². The summed E-state index contributed by atoms with van der Waals surface area (Å²) in [5.74, 6) is 1.73. The van der Waals surface area contributed by atoms with E-state index in [4.69, 9.17) is 11.6 Å². The number of piperazine rings is 1. The highest BCUT2D eigenvalue weighted by Gasteiger charge is 2.32. The molecule has 9 heteroatoms. The van der Waals surface area contributed by atoms with Gasteiger partial charge in [-0.15, -0.1) is 0 Å². The number of nitrogens with one attached hydrogen (secondary N) is 2. The van der Waals surface area contributed by atoms with E-state index >= 15 is 0 Å². The quantitative estimate of drug-likeness (QED) is 0.691. The summed E-state index contributed by atoms with van der Waals surface area (Å²) in [4.78, 5) is -0.197. The molecule has 2 saturated heterocycles. The Labute approximate surface area is 145 Å². The number of phenolic OH excluding ortho intramolecular Hbond substituents is 1. The first-order chi connectivity index (χ1) is 11.0. The first kappa shape index (κ1) is 17.2. The Morgan fingerprint density at radius 1 is 1.35 bits per heavy atom. The molecule has 2 aliphatic rings. The molecule has 0 radical (unpaired) electrons. The van der Waals surface area contributed by atoms with Crippen LogP contribution in [0.5, 0.6) is 5.75 Å². The fourth-order valence-corrected chi connectivity index (χ4v) is 5.98. The molecule has 1 aromatic carbocycles. The van der Waals surface area contributed by atoms with Crippen LogP contribution in [0, 0.1) is 0 Å². The van der Waals surface area contributed by atoms with Gasteiger partial charge >= 0.3 is 0 Å². The third kappa shape index (κ3) is 3.56. The predicted molar refractivity (Wildman–Crippen MR) is 94.1 cm³/mol. The smallest absolute Gasteiger partial charge is 0.248 e. The zero-order valence-corrected chi connectivity index (χ0v) is 15.0. The van der Waals surface area contributed by atoms with Gasteiger partial charge in [0.2, 0.25) is 10.0 Å². The van der Waals surface area contributed by atoms with Crippen LogP contribution in [-0.2, 0) is 10.0 Å². The minimum absolute atomic E-state index is 0.0485. The number of rotatable bonds is 4. The lowest BCUT2D eigenvalue weighted by atomic mass is 10.2. The maximum atomic E-state index is 12.8. The molecule has 2 fully saturated rings. The molecule has 2 aliphatic heterocycles. The van der Waals surface area contributed by atoms with Crippen molar-refractivity contribution in [2.45, 2.75) is 17.4 Å². The standard InChI is InChI=1S/C14H20ClN3O3S2/c15-11-1-2-12(17-10-3-8-22-9-10)13(19)14(11)23(20,21)18-6-4-16-5-7-18/h1-2,10,16-17,19H,3-9H2. The van der Waals surface area contributed by atoms with Gasteiger partial charge < -0.3 is 15.7 Å². The van der Waals surface area contributed by atoms with E-state index in [2.05, 4.69) is 10.6 Å². The molecule has 0 spiro atoms. The summed E-state index contributed by atoms with van der Waals surface area (Å²) in [6.07, 6.45) is 0.993. The number of aromatic hydroxyl groups is 1. The molecule has 1 aromatic rings. The molecule has 1 atom stereocenters. The van der Waals surface area contributed by atoms with Crippen LogP contribution in [0.1, 0.15) is 6.42 Å². The lowest BCUT2D eigenvalue weighted by Gasteiger charge is -2.27. The molecular formula is C14H20ClN3O3S2. The summed E-state index contributed by atoms with van der Waals surface area (Å²) >= 11 is 7.95. The number of thioether (sulfide) groups is 1. The molecule has 0 saturated carbocycles. The second kappa shape index (κ2) is 7.06. The van der Waals surface area contributed by atoms with Gasteiger partial charge in [-0.3, -0.25) is 0 Å². The maximum Gasteiger partial charge on any atom is 0.248 e. The largest absolute Gasteiger partial charge is 0.504 e. The topological polar surface area (TPSA) is 81.7 Å². The van der Waals surface area contributed by atoms with Crippen LogP contribution < -0.4 is 10.6 Å². The van der Waals surface area contributed by atoms with Crippen molar-refractivity contribution in [3.05, 3.63) is 17.2 Å². The van der Waals surface area contributed by atoms with Crippen molar-refractivity contribution in [3.63, 3.8) is 0 Å². The summed E-state index contributed by atoms with van der Waals surface area (Å²) in [5.41, 5.74) is 0.426. The zero-order valence-electron chi connectivity index (χ0n) is 12.6. The molecule has 3 N–H and O–H groups in total. The van der Waals surface area contributed by atoms with Gasteiger partial charge in [0.15, 0.2) is 5.75 Å². The van der Waals surface area contributed by atoms with Crippen LogP contribution in [-0.4, -0.2) is 61.6 Å². The van der Waals surface area contributed by atoms with Gasteiger partial charge in [-0.2, -0.15) is 16.1 Å². The maximum absolute atomic E-state index is 12.8. The minimum atomic E-state index is -3.81. The third-order valence-electron chi connectivity index (χ3n) is 4.05. The number of phenols is 1. The first-order valence-corrected chi connectivity index (χ1v) is 10.5. The summed E-state index contributed by atoms with van der Waals surface area (Å²) in [7, 11) is -3.81. The van der Waals surface area contributed by atoms with E-state index in [1.54, 1.807) is 6.07 Å². The Balaban J connectivity index is 1.93. The molecule has 0 bridgehead atoms. The van der Waals surface area contributed by atoms with Gasteiger partial charge in [-0.25, -0.2) is 8.42 Å². The second-order valence-corrected chi connectivity index (χ2v) is 9.06. The van der Waals surface area contributed by atoms with Crippen molar-refractivity contribution in [1.82, 2.24) is 9.62 Å². The summed E-state index contributed by atoms with van der Waals surface area (Å²) in [6, 6.07) is 3.40. The zero-order chi connectivity index (χ0) is 16.4. The van der Waals surface area contributed by atoms with Crippen molar-refractivity contribution in [1.29, 1.82) is 0 Å². The SMILES string of the molecule is O=S(=O)(c1c(Cl)ccc(NC2CCSC2)c1O)N1CCNCC1. The van der Waals surface area contributed by atoms with Crippen molar-refractivity contribution in [2.24, 2.45) is 0 Å². The van der Waals surface area contributed by atoms with Gasteiger partial charge in [0.25, 0.3) is 0 Å². The highest BCUT2D eigenvalue weighted by molar-refractivity contribution is 7.99. The van der Waals surface area contributed by atoms with Crippen LogP contribution >= 0.6 is 23.4 Å². The van der Waals surface area contributed by atoms with Crippen molar-refractivity contribution in [3.8, 4) is 5.75 Å². The van der Waals surface area contributed by atoms with Crippen LogP contribution in [0.2, 0.25) is 5.02 Å². The Bertz CT molecular complexity index is 672. The van der Waals surface area contributed by atoms with E-state index in [-0.39, 0.29) is 21.7 Å². The minimum Gasteiger partial charge on any atom is -0.504 e. The molecule has 3 rings (SSSR count). The fraction of sp³-hybridized carbons (Fsp3) is 0.571. The molecule has 2 heterocycles. The molecule has 1 unspecified atom stereocenters. The Morgan fingerprint density at radius 2 is 2.09 bits per heavy atom. The van der Waals surface area contributed by atoms with E-state index in [0.29, 0.717) is 31.9 Å². The van der Waals surface area contributed by atoms with Gasteiger partial charge in [-0.05, 0) is 24.3 Å². The van der Waals surface area contributed by atoms with E-state index < -0.39 is 10.0 Å². The molecule has 6 nitrogen and oxygen atoms in total. The molecule has 128 valence electrons. The summed E-state index contributed by atoms with van der Waals surface area (Å²) < 4.78 is 27.0. The number of hydrogen-bond donors (Lipinski definition) is 3. The first-order valence-electron chi connectivity index (χ1n) is 7.57. The summed E-state index contributed by atoms with van der Waals surface area (Å²) in [6.45, 7) is 1.92. The molecular weight excluding hydrogens is 358 g/mol. The van der Waals surface area contributed by atoms with E-state index in [1.165, 1.54) is 10.4 Å². The van der Waals surface area contributed by atoms with E-state index in [0.717, 1.165) is 17.9 Å². The lowest BCUT2D eigenvalue weighted by Crippen LogP contribution is -2.46. The number of benzene rings is 1. The molecule has 23 heavy (non-hydrogen) atoms. The highest BCUT2D eigenvalue weighted by Crippen LogP contribution is 2.39. The fourth-order valence-electron chi connectivity index (χ4n) is 2.79. The lowest BCUT2D eigenvalue weighted by molar-refractivity contribution is 0.357. The average Bonchev–Trinajstić information content (AvgIpc) is 3.04. The monoisotopic (exact) mass is 377 g/mol. The third-order valence-corrected chi connectivity index (χ3v) is 7.61. The Hall–Kier alpha value is -0.670. The molecule has 0 aliphatic carbocycles. The van der Waals surface area contributed by atoms with Crippen LogP contribution in [0.25, 0.3) is 0 Å². The van der Waals surface area contributed by atoms with Crippen LogP contribution in [0.15, 0.2) is 17.0 Å². The number of hydrogen-bond acceptors (Lipinski definition) is 6. The van der Waals surface area contributed by atoms with Crippen molar-refractivity contribution >= 4 is 39.1 Å².